The van der Waals surface area contributed by atoms with Crippen molar-refractivity contribution >= 4 is 35.8 Å². The number of aryl methyl sites for hydroxylation is 1. The van der Waals surface area contributed by atoms with Gasteiger partial charge in [0.05, 0.1) is 18.8 Å². The van der Waals surface area contributed by atoms with Crippen molar-refractivity contribution in [1.82, 2.24) is 30.4 Å². The normalized spacial score (nSPS) is 11.0. The van der Waals surface area contributed by atoms with E-state index < -0.39 is 0 Å². The summed E-state index contributed by atoms with van der Waals surface area (Å²) in [5.41, 5.74) is 0.952. The maximum Gasteiger partial charge on any atom is 0.191 e. The molecule has 2 rings (SSSR count). The zero-order valence-corrected chi connectivity index (χ0v) is 17.1. The first kappa shape index (κ1) is 20.1. The minimum Gasteiger partial charge on any atom is -0.363 e. The van der Waals surface area contributed by atoms with Gasteiger partial charge in [0.2, 0.25) is 0 Å². The van der Waals surface area contributed by atoms with Gasteiger partial charge in [0.1, 0.15) is 11.6 Å². The van der Waals surface area contributed by atoms with Gasteiger partial charge in [-0.1, -0.05) is 6.07 Å². The molecule has 9 heteroatoms. The third-order valence-corrected chi connectivity index (χ3v) is 3.51. The number of nitrogens with zero attached hydrogens (tertiary/aromatic N) is 6. The molecule has 2 N–H and O–H groups in total. The number of guanidine groups is 1. The second-order valence-electron chi connectivity index (χ2n) is 5.38. The van der Waals surface area contributed by atoms with E-state index in [9.17, 15) is 0 Å². The molecule has 24 heavy (non-hydrogen) atoms. The molecule has 2 aromatic heterocycles. The quantitative estimate of drug-likeness (QED) is 0.408. The van der Waals surface area contributed by atoms with E-state index in [-0.39, 0.29) is 24.0 Å². The first-order valence-electron chi connectivity index (χ1n) is 7.44. The maximum atomic E-state index is 4.57. The van der Waals surface area contributed by atoms with Crippen LogP contribution in [0.15, 0.2) is 23.2 Å². The summed E-state index contributed by atoms with van der Waals surface area (Å²) in [6, 6.07) is 5.96. The molecule has 0 spiro atoms. The Morgan fingerprint density at radius 1 is 1.21 bits per heavy atom. The molecule has 132 valence electrons. The minimum absolute atomic E-state index is 0. The standard InChI is InChI=1S/C15H24N8.HI/c1-11-20-21-14(23(11)5)10-18-15(16-2)17-9-12-7-6-8-13(19-12)22(3)4;/h6-8H,9-10H2,1-5H3,(H2,16,17,18);1H. The highest BCUT2D eigenvalue weighted by Crippen LogP contribution is 2.07. The number of rotatable bonds is 5. The lowest BCUT2D eigenvalue weighted by Crippen LogP contribution is -2.37. The van der Waals surface area contributed by atoms with E-state index in [1.807, 2.05) is 55.7 Å². The topological polar surface area (TPSA) is 83.3 Å². The third kappa shape index (κ3) is 5.32. The molecule has 0 aliphatic rings. The number of nitrogens with one attached hydrogen (secondary N) is 2. The molecule has 0 unspecified atom stereocenters. The molecule has 2 heterocycles. The third-order valence-electron chi connectivity index (χ3n) is 3.51. The summed E-state index contributed by atoms with van der Waals surface area (Å²) < 4.78 is 1.95. The van der Waals surface area contributed by atoms with Gasteiger partial charge in [-0.3, -0.25) is 4.99 Å². The zero-order valence-electron chi connectivity index (χ0n) is 14.7. The minimum atomic E-state index is 0. The Bertz CT molecular complexity index is 680. The number of pyridine rings is 1. The molecule has 0 aliphatic heterocycles. The van der Waals surface area contributed by atoms with Gasteiger partial charge >= 0.3 is 0 Å². The molecular formula is C15H25IN8. The van der Waals surface area contributed by atoms with Crippen molar-refractivity contribution in [2.24, 2.45) is 12.0 Å². The largest absolute Gasteiger partial charge is 0.363 e. The lowest BCUT2D eigenvalue weighted by molar-refractivity contribution is 0.715. The highest BCUT2D eigenvalue weighted by atomic mass is 127. The zero-order chi connectivity index (χ0) is 16.8. The Morgan fingerprint density at radius 3 is 2.50 bits per heavy atom. The van der Waals surface area contributed by atoms with Gasteiger partial charge in [0.15, 0.2) is 11.8 Å². The van der Waals surface area contributed by atoms with Crippen molar-refractivity contribution in [3.63, 3.8) is 0 Å². The van der Waals surface area contributed by atoms with Crippen molar-refractivity contribution in [2.45, 2.75) is 20.0 Å². The average Bonchev–Trinajstić information content (AvgIpc) is 2.87. The van der Waals surface area contributed by atoms with Crippen LogP contribution in [-0.2, 0) is 20.1 Å². The summed E-state index contributed by atoms with van der Waals surface area (Å²) in [4.78, 5) is 10.8. The Labute approximate surface area is 159 Å². The number of halogens is 1. The van der Waals surface area contributed by atoms with Gasteiger partial charge < -0.3 is 20.1 Å². The number of hydrogen-bond acceptors (Lipinski definition) is 5. The molecule has 0 saturated heterocycles. The summed E-state index contributed by atoms with van der Waals surface area (Å²) >= 11 is 0. The number of aliphatic imine (C=N–C) groups is 1. The molecule has 0 saturated carbocycles. The van der Waals surface area contributed by atoms with E-state index in [0.717, 1.165) is 23.2 Å². The second kappa shape index (κ2) is 9.40. The van der Waals surface area contributed by atoms with Crippen LogP contribution in [0, 0.1) is 6.92 Å². The molecule has 0 atom stereocenters. The summed E-state index contributed by atoms with van der Waals surface area (Å²) in [5.74, 6) is 3.37. The molecule has 0 amide bonds. The first-order chi connectivity index (χ1) is 11.0. The Balaban J connectivity index is 0.00000288. The van der Waals surface area contributed by atoms with E-state index in [1.165, 1.54) is 0 Å². The van der Waals surface area contributed by atoms with Gasteiger partial charge in [-0.25, -0.2) is 4.98 Å². The van der Waals surface area contributed by atoms with Crippen LogP contribution in [0.1, 0.15) is 17.3 Å². The molecular weight excluding hydrogens is 419 g/mol. The van der Waals surface area contributed by atoms with Gasteiger partial charge in [-0.2, -0.15) is 0 Å². The SMILES string of the molecule is CN=C(NCc1cccc(N(C)C)n1)NCc1nnc(C)n1C.I. The molecule has 2 aromatic rings. The monoisotopic (exact) mass is 444 g/mol. The van der Waals surface area contributed by atoms with Crippen molar-refractivity contribution in [1.29, 1.82) is 0 Å². The Kier molecular flexibility index (Phi) is 7.89. The smallest absolute Gasteiger partial charge is 0.191 e. The lowest BCUT2D eigenvalue weighted by Gasteiger charge is -2.14. The summed E-state index contributed by atoms with van der Waals surface area (Å²) in [7, 11) is 7.63. The van der Waals surface area contributed by atoms with E-state index in [0.29, 0.717) is 19.0 Å². The predicted octanol–water partition coefficient (Wildman–Crippen LogP) is 1.07. The highest BCUT2D eigenvalue weighted by molar-refractivity contribution is 14.0. The van der Waals surface area contributed by atoms with E-state index in [1.54, 1.807) is 7.05 Å². The van der Waals surface area contributed by atoms with E-state index in [4.69, 9.17) is 0 Å². The van der Waals surface area contributed by atoms with Crippen LogP contribution >= 0.6 is 24.0 Å². The summed E-state index contributed by atoms with van der Waals surface area (Å²) in [6.07, 6.45) is 0. The average molecular weight is 444 g/mol. The van der Waals surface area contributed by atoms with Gasteiger partial charge in [-0.05, 0) is 19.1 Å². The Morgan fingerprint density at radius 2 is 1.92 bits per heavy atom. The van der Waals surface area contributed by atoms with Gasteiger partial charge in [-0.15, -0.1) is 34.2 Å². The fourth-order valence-corrected chi connectivity index (χ4v) is 1.98. The fourth-order valence-electron chi connectivity index (χ4n) is 1.98. The first-order valence-corrected chi connectivity index (χ1v) is 7.44. The summed E-state index contributed by atoms with van der Waals surface area (Å²) in [6.45, 7) is 3.08. The van der Waals surface area contributed by atoms with Crippen LogP contribution < -0.4 is 15.5 Å². The van der Waals surface area contributed by atoms with Crippen LogP contribution in [0.4, 0.5) is 5.82 Å². The molecule has 8 nitrogen and oxygen atoms in total. The lowest BCUT2D eigenvalue weighted by atomic mass is 10.3. The molecule has 0 fully saturated rings. The van der Waals surface area contributed by atoms with Crippen LogP contribution in [0.25, 0.3) is 0 Å². The Hall–Kier alpha value is -1.91. The van der Waals surface area contributed by atoms with E-state index >= 15 is 0 Å². The van der Waals surface area contributed by atoms with Gasteiger partial charge in [0, 0.05) is 28.2 Å². The predicted molar refractivity (Wildman–Crippen MR) is 107 cm³/mol. The van der Waals surface area contributed by atoms with Crippen molar-refractivity contribution in [3.05, 3.63) is 35.5 Å². The number of hydrogen-bond donors (Lipinski definition) is 2. The van der Waals surface area contributed by atoms with Crippen molar-refractivity contribution < 1.29 is 0 Å². The summed E-state index contributed by atoms with van der Waals surface area (Å²) in [5, 5.41) is 14.6. The molecule has 0 aliphatic carbocycles. The maximum absolute atomic E-state index is 4.57. The van der Waals surface area contributed by atoms with Crippen molar-refractivity contribution in [2.75, 3.05) is 26.0 Å². The molecule has 0 aromatic carbocycles. The van der Waals surface area contributed by atoms with Crippen molar-refractivity contribution in [3.8, 4) is 0 Å². The van der Waals surface area contributed by atoms with Gasteiger partial charge in [0.25, 0.3) is 0 Å². The molecule has 0 bridgehead atoms. The van der Waals surface area contributed by atoms with Crippen LogP contribution in [0.2, 0.25) is 0 Å². The van der Waals surface area contributed by atoms with Crippen LogP contribution in [0.3, 0.4) is 0 Å². The molecule has 0 radical (unpaired) electrons. The van der Waals surface area contributed by atoms with Crippen LogP contribution in [-0.4, -0.2) is 46.9 Å². The number of anilines is 1. The van der Waals surface area contributed by atoms with Crippen LogP contribution in [0.5, 0.6) is 0 Å². The van der Waals surface area contributed by atoms with E-state index in [2.05, 4.69) is 30.8 Å². The second-order valence-corrected chi connectivity index (χ2v) is 5.38. The number of aromatic nitrogens is 4. The highest BCUT2D eigenvalue weighted by Gasteiger charge is 2.06. The fraction of sp³-hybridized carbons (Fsp3) is 0.467.